The van der Waals surface area contributed by atoms with Crippen LogP contribution in [0.4, 0.5) is 5.82 Å². The van der Waals surface area contributed by atoms with E-state index in [9.17, 15) is 4.79 Å². The van der Waals surface area contributed by atoms with E-state index < -0.39 is 0 Å². The summed E-state index contributed by atoms with van der Waals surface area (Å²) in [6.07, 6.45) is 2.93. The van der Waals surface area contributed by atoms with Crippen LogP contribution >= 0.6 is 0 Å². The molecule has 0 radical (unpaired) electrons. The third-order valence-corrected chi connectivity index (χ3v) is 5.53. The summed E-state index contributed by atoms with van der Waals surface area (Å²) in [5, 5.41) is 4.51. The molecule has 7 heteroatoms. The summed E-state index contributed by atoms with van der Waals surface area (Å²) in [4.78, 5) is 25.7. The number of carbonyl (C=O) groups is 1. The third kappa shape index (κ3) is 4.50. The van der Waals surface area contributed by atoms with Gasteiger partial charge in [-0.1, -0.05) is 29.8 Å². The van der Waals surface area contributed by atoms with Gasteiger partial charge < -0.3 is 9.80 Å². The minimum absolute atomic E-state index is 0.224. The lowest BCUT2D eigenvalue weighted by Gasteiger charge is -2.35. The van der Waals surface area contributed by atoms with Gasteiger partial charge in [-0.05, 0) is 38.8 Å². The SMILES string of the molecule is Cc1cccc(CCC(=O)N2CCN(c3cc(-n4nc(C)cc4C)ncn3)CC2)c1. The molecule has 0 atom stereocenters. The molecule has 1 saturated heterocycles. The van der Waals surface area contributed by atoms with Crippen molar-refractivity contribution in [2.75, 3.05) is 31.1 Å². The maximum absolute atomic E-state index is 12.6. The minimum atomic E-state index is 0.224. The molecule has 7 nitrogen and oxygen atoms in total. The Morgan fingerprint density at radius 1 is 0.967 bits per heavy atom. The predicted molar refractivity (Wildman–Crippen MR) is 117 cm³/mol. The van der Waals surface area contributed by atoms with Crippen LogP contribution in [-0.2, 0) is 11.2 Å². The molecule has 3 aromatic rings. The third-order valence-electron chi connectivity index (χ3n) is 5.53. The van der Waals surface area contributed by atoms with Crippen LogP contribution in [0.5, 0.6) is 0 Å². The van der Waals surface area contributed by atoms with Crippen molar-refractivity contribution >= 4 is 11.7 Å². The van der Waals surface area contributed by atoms with Gasteiger partial charge in [-0.15, -0.1) is 0 Å². The second-order valence-corrected chi connectivity index (χ2v) is 7.93. The molecule has 0 unspecified atom stereocenters. The summed E-state index contributed by atoms with van der Waals surface area (Å²) in [6.45, 7) is 9.03. The molecule has 1 aliphatic rings. The van der Waals surface area contributed by atoms with E-state index in [1.165, 1.54) is 11.1 Å². The smallest absolute Gasteiger partial charge is 0.223 e. The first-order valence-electron chi connectivity index (χ1n) is 10.4. The lowest BCUT2D eigenvalue weighted by molar-refractivity contribution is -0.131. The van der Waals surface area contributed by atoms with Gasteiger partial charge in [0.15, 0.2) is 5.82 Å². The van der Waals surface area contributed by atoms with Crippen molar-refractivity contribution in [1.29, 1.82) is 0 Å². The fraction of sp³-hybridized carbons (Fsp3) is 0.391. The fourth-order valence-corrected chi connectivity index (χ4v) is 3.95. The molecular formula is C23H28N6O. The van der Waals surface area contributed by atoms with Crippen LogP contribution in [0, 0.1) is 20.8 Å². The van der Waals surface area contributed by atoms with E-state index in [-0.39, 0.29) is 5.91 Å². The van der Waals surface area contributed by atoms with E-state index in [2.05, 4.69) is 51.2 Å². The molecule has 1 fully saturated rings. The van der Waals surface area contributed by atoms with E-state index in [4.69, 9.17) is 0 Å². The Morgan fingerprint density at radius 2 is 1.73 bits per heavy atom. The van der Waals surface area contributed by atoms with Crippen molar-refractivity contribution in [2.45, 2.75) is 33.6 Å². The molecule has 0 N–H and O–H groups in total. The fourth-order valence-electron chi connectivity index (χ4n) is 3.95. The van der Waals surface area contributed by atoms with Crippen LogP contribution in [0.2, 0.25) is 0 Å². The Morgan fingerprint density at radius 3 is 2.43 bits per heavy atom. The van der Waals surface area contributed by atoms with Gasteiger partial charge in [0.25, 0.3) is 0 Å². The number of benzene rings is 1. The quantitative estimate of drug-likeness (QED) is 0.654. The summed E-state index contributed by atoms with van der Waals surface area (Å²) in [6, 6.07) is 12.4. The summed E-state index contributed by atoms with van der Waals surface area (Å²) in [7, 11) is 0. The first-order chi connectivity index (χ1) is 14.5. The monoisotopic (exact) mass is 404 g/mol. The minimum Gasteiger partial charge on any atom is -0.353 e. The van der Waals surface area contributed by atoms with Crippen molar-refractivity contribution in [3.05, 3.63) is 65.2 Å². The van der Waals surface area contributed by atoms with Gasteiger partial charge in [0.2, 0.25) is 5.91 Å². The molecule has 4 rings (SSSR count). The zero-order chi connectivity index (χ0) is 21.1. The van der Waals surface area contributed by atoms with Crippen LogP contribution in [-0.4, -0.2) is 56.7 Å². The van der Waals surface area contributed by atoms with E-state index in [0.717, 1.165) is 42.5 Å². The predicted octanol–water partition coefficient (Wildman–Crippen LogP) is 2.87. The van der Waals surface area contributed by atoms with Crippen LogP contribution < -0.4 is 4.90 Å². The molecule has 0 bridgehead atoms. The highest BCUT2D eigenvalue weighted by molar-refractivity contribution is 5.76. The summed E-state index contributed by atoms with van der Waals surface area (Å²) in [5.74, 6) is 1.86. The molecule has 156 valence electrons. The lowest BCUT2D eigenvalue weighted by atomic mass is 10.1. The zero-order valence-corrected chi connectivity index (χ0v) is 17.9. The van der Waals surface area contributed by atoms with Gasteiger partial charge in [-0.2, -0.15) is 5.10 Å². The Labute approximate surface area is 177 Å². The van der Waals surface area contributed by atoms with Crippen LogP contribution in [0.3, 0.4) is 0 Å². The number of nitrogens with zero attached hydrogens (tertiary/aromatic N) is 6. The lowest BCUT2D eigenvalue weighted by Crippen LogP contribution is -2.49. The average molecular weight is 405 g/mol. The standard InChI is InChI=1S/C23H28N6O/c1-17-5-4-6-20(13-17)7-8-23(30)28-11-9-27(10-12-28)21-15-22(25-16-24-21)29-19(3)14-18(2)26-29/h4-6,13-16H,7-12H2,1-3H3. The molecule has 30 heavy (non-hydrogen) atoms. The normalized spacial score (nSPS) is 14.2. The van der Waals surface area contributed by atoms with Gasteiger partial charge in [-0.3, -0.25) is 4.79 Å². The summed E-state index contributed by atoms with van der Waals surface area (Å²) >= 11 is 0. The first-order valence-corrected chi connectivity index (χ1v) is 10.4. The number of aromatic nitrogens is 4. The first kappa shape index (κ1) is 20.1. The van der Waals surface area contributed by atoms with Crippen LogP contribution in [0.15, 0.2) is 42.7 Å². The maximum atomic E-state index is 12.6. The van der Waals surface area contributed by atoms with Gasteiger partial charge in [0.05, 0.1) is 5.69 Å². The van der Waals surface area contributed by atoms with Crippen LogP contribution in [0.25, 0.3) is 5.82 Å². The van der Waals surface area contributed by atoms with E-state index in [0.29, 0.717) is 19.5 Å². The molecule has 0 spiro atoms. The Bertz CT molecular complexity index is 1040. The number of hydrogen-bond donors (Lipinski definition) is 0. The second-order valence-electron chi connectivity index (χ2n) is 7.93. The van der Waals surface area contributed by atoms with E-state index in [1.807, 2.05) is 35.6 Å². The van der Waals surface area contributed by atoms with Gasteiger partial charge in [-0.25, -0.2) is 14.6 Å². The molecule has 1 aliphatic heterocycles. The number of carbonyl (C=O) groups excluding carboxylic acids is 1. The highest BCUT2D eigenvalue weighted by Crippen LogP contribution is 2.18. The molecule has 1 amide bonds. The zero-order valence-electron chi connectivity index (χ0n) is 17.9. The molecule has 2 aromatic heterocycles. The van der Waals surface area contributed by atoms with Crippen LogP contribution in [0.1, 0.15) is 28.9 Å². The Balaban J connectivity index is 1.35. The molecule has 0 aliphatic carbocycles. The molecular weight excluding hydrogens is 376 g/mol. The Kier molecular flexibility index (Phi) is 5.79. The van der Waals surface area contributed by atoms with E-state index in [1.54, 1.807) is 6.33 Å². The number of piperazine rings is 1. The number of anilines is 1. The number of hydrogen-bond acceptors (Lipinski definition) is 5. The van der Waals surface area contributed by atoms with Crippen molar-refractivity contribution in [2.24, 2.45) is 0 Å². The second kappa shape index (κ2) is 8.65. The molecule has 3 heterocycles. The Hall–Kier alpha value is -3.22. The summed E-state index contributed by atoms with van der Waals surface area (Å²) in [5.41, 5.74) is 4.46. The highest BCUT2D eigenvalue weighted by atomic mass is 16.2. The number of rotatable bonds is 5. The molecule has 1 aromatic carbocycles. The topological polar surface area (TPSA) is 67.2 Å². The van der Waals surface area contributed by atoms with Gasteiger partial charge >= 0.3 is 0 Å². The van der Waals surface area contributed by atoms with Crippen molar-refractivity contribution in [3.63, 3.8) is 0 Å². The highest BCUT2D eigenvalue weighted by Gasteiger charge is 2.22. The number of amides is 1. The summed E-state index contributed by atoms with van der Waals surface area (Å²) < 4.78 is 1.84. The van der Waals surface area contributed by atoms with Crippen molar-refractivity contribution in [3.8, 4) is 5.82 Å². The number of aryl methyl sites for hydroxylation is 4. The van der Waals surface area contributed by atoms with Gasteiger partial charge in [0.1, 0.15) is 12.1 Å². The maximum Gasteiger partial charge on any atom is 0.223 e. The average Bonchev–Trinajstić information content (AvgIpc) is 3.10. The molecule has 0 saturated carbocycles. The van der Waals surface area contributed by atoms with Crippen molar-refractivity contribution in [1.82, 2.24) is 24.6 Å². The van der Waals surface area contributed by atoms with Gasteiger partial charge in [0, 0.05) is 44.4 Å². The van der Waals surface area contributed by atoms with Crippen molar-refractivity contribution < 1.29 is 4.79 Å². The largest absolute Gasteiger partial charge is 0.353 e. The van der Waals surface area contributed by atoms with E-state index >= 15 is 0 Å².